The summed E-state index contributed by atoms with van der Waals surface area (Å²) in [4.78, 5) is 4.48. The lowest BCUT2D eigenvalue weighted by atomic mass is 10.2. The van der Waals surface area contributed by atoms with Crippen molar-refractivity contribution in [1.29, 1.82) is 0 Å². The molecule has 0 amide bonds. The summed E-state index contributed by atoms with van der Waals surface area (Å²) in [5, 5.41) is 2.90. The number of methoxy groups -OCH3 is 2. The zero-order valence-electron chi connectivity index (χ0n) is 16.6. The minimum Gasteiger partial charge on any atom is -0.497 e. The maximum absolute atomic E-state index is 13.2. The van der Waals surface area contributed by atoms with Gasteiger partial charge in [-0.25, -0.2) is 8.42 Å². The van der Waals surface area contributed by atoms with E-state index in [0.717, 1.165) is 5.56 Å². The lowest BCUT2D eigenvalue weighted by Gasteiger charge is -2.06. The van der Waals surface area contributed by atoms with Crippen molar-refractivity contribution in [2.24, 2.45) is 0 Å². The fraction of sp³-hybridized carbons (Fsp3) is 0.286. The maximum Gasteiger partial charge on any atom is 0.233 e. The van der Waals surface area contributed by atoms with Crippen LogP contribution in [-0.4, -0.2) is 40.8 Å². The Balaban J connectivity index is 2.00. The fourth-order valence-corrected chi connectivity index (χ4v) is 3.98. The summed E-state index contributed by atoms with van der Waals surface area (Å²) in [6, 6.07) is 13.7. The van der Waals surface area contributed by atoms with Crippen molar-refractivity contribution in [3.05, 3.63) is 54.1 Å². The average Bonchev–Trinajstić information content (AvgIpc) is 3.17. The summed E-state index contributed by atoms with van der Waals surface area (Å²) < 4.78 is 42.4. The van der Waals surface area contributed by atoms with Crippen molar-refractivity contribution in [3.63, 3.8) is 0 Å². The Kier molecular flexibility index (Phi) is 6.56. The molecule has 0 aliphatic heterocycles. The fourth-order valence-electron chi connectivity index (χ4n) is 2.70. The molecule has 0 unspecified atom stereocenters. The number of oxazole rings is 1. The topological polar surface area (TPSA) is 90.7 Å². The number of nitrogens with one attached hydrogen (secondary N) is 1. The van der Waals surface area contributed by atoms with Crippen LogP contribution in [0.25, 0.3) is 11.5 Å². The quantitative estimate of drug-likeness (QED) is 0.528. The van der Waals surface area contributed by atoms with Gasteiger partial charge in [-0.1, -0.05) is 17.7 Å². The summed E-state index contributed by atoms with van der Waals surface area (Å²) in [5.41, 5.74) is 1.62. The highest BCUT2D eigenvalue weighted by Gasteiger charge is 2.28. The number of hydrogen-bond donors (Lipinski definition) is 1. The van der Waals surface area contributed by atoms with Crippen LogP contribution in [0.1, 0.15) is 12.0 Å². The van der Waals surface area contributed by atoms with Gasteiger partial charge >= 0.3 is 0 Å². The molecule has 29 heavy (non-hydrogen) atoms. The number of nitrogens with zero attached hydrogens (tertiary/aromatic N) is 1. The molecule has 0 bridgehead atoms. The van der Waals surface area contributed by atoms with E-state index in [-0.39, 0.29) is 21.7 Å². The van der Waals surface area contributed by atoms with Crippen LogP contribution < -0.4 is 10.1 Å². The molecule has 0 spiro atoms. The second-order valence-corrected chi connectivity index (χ2v) is 8.34. The van der Waals surface area contributed by atoms with E-state index in [0.29, 0.717) is 30.9 Å². The lowest BCUT2D eigenvalue weighted by molar-refractivity contribution is 0.197. The number of aryl methyl sites for hydroxylation is 1. The van der Waals surface area contributed by atoms with Crippen LogP contribution in [0.15, 0.2) is 62.9 Å². The van der Waals surface area contributed by atoms with Gasteiger partial charge in [0.2, 0.25) is 26.6 Å². The molecule has 0 saturated heterocycles. The van der Waals surface area contributed by atoms with Crippen LogP contribution in [0.3, 0.4) is 0 Å². The first-order chi connectivity index (χ1) is 14.0. The van der Waals surface area contributed by atoms with Crippen molar-refractivity contribution < 1.29 is 22.3 Å². The molecular weight excluding hydrogens is 392 g/mol. The van der Waals surface area contributed by atoms with E-state index >= 15 is 0 Å². The van der Waals surface area contributed by atoms with Gasteiger partial charge < -0.3 is 19.2 Å². The molecule has 0 fully saturated rings. The van der Waals surface area contributed by atoms with E-state index in [1.165, 1.54) is 0 Å². The van der Waals surface area contributed by atoms with Crippen molar-refractivity contribution in [2.75, 3.05) is 32.7 Å². The maximum atomic E-state index is 13.2. The van der Waals surface area contributed by atoms with Crippen molar-refractivity contribution in [3.8, 4) is 17.2 Å². The highest BCUT2D eigenvalue weighted by molar-refractivity contribution is 7.91. The summed E-state index contributed by atoms with van der Waals surface area (Å²) in [6.45, 7) is 2.94. The Morgan fingerprint density at radius 1 is 1.03 bits per heavy atom. The highest BCUT2D eigenvalue weighted by Crippen LogP contribution is 2.33. The highest BCUT2D eigenvalue weighted by atomic mass is 32.2. The first kappa shape index (κ1) is 20.9. The van der Waals surface area contributed by atoms with E-state index in [1.54, 1.807) is 62.8 Å². The summed E-state index contributed by atoms with van der Waals surface area (Å²) in [5.74, 6) is 1.02. The van der Waals surface area contributed by atoms with Crippen LogP contribution in [0.4, 0.5) is 5.88 Å². The summed E-state index contributed by atoms with van der Waals surface area (Å²) in [6.07, 6.45) is 0.694. The molecule has 0 saturated carbocycles. The molecule has 2 aromatic carbocycles. The third-order valence-electron chi connectivity index (χ3n) is 4.33. The minimum atomic E-state index is -3.85. The van der Waals surface area contributed by atoms with Gasteiger partial charge in [-0.3, -0.25) is 0 Å². The van der Waals surface area contributed by atoms with E-state index in [1.807, 2.05) is 6.92 Å². The van der Waals surface area contributed by atoms with Crippen LogP contribution in [-0.2, 0) is 14.6 Å². The molecular formula is C21H24N2O5S. The molecule has 0 atom stereocenters. The SMILES string of the molecule is COCCCNc1oc(-c2ccc(OC)cc2)nc1S(=O)(=O)c1ccc(C)cc1. The minimum absolute atomic E-state index is 0.118. The summed E-state index contributed by atoms with van der Waals surface area (Å²) >= 11 is 0. The van der Waals surface area contributed by atoms with Gasteiger partial charge in [-0.2, -0.15) is 4.98 Å². The van der Waals surface area contributed by atoms with Gasteiger partial charge in [0.15, 0.2) is 0 Å². The van der Waals surface area contributed by atoms with Crippen LogP contribution in [0.5, 0.6) is 5.75 Å². The molecule has 154 valence electrons. The Morgan fingerprint density at radius 3 is 2.34 bits per heavy atom. The average molecular weight is 416 g/mol. The zero-order valence-corrected chi connectivity index (χ0v) is 17.5. The van der Waals surface area contributed by atoms with E-state index in [4.69, 9.17) is 13.9 Å². The smallest absolute Gasteiger partial charge is 0.233 e. The second-order valence-electron chi connectivity index (χ2n) is 6.47. The lowest BCUT2D eigenvalue weighted by Crippen LogP contribution is -2.09. The Hall–Kier alpha value is -2.84. The number of anilines is 1. The number of benzene rings is 2. The molecule has 1 N–H and O–H groups in total. The summed E-state index contributed by atoms with van der Waals surface area (Å²) in [7, 11) is -0.660. The van der Waals surface area contributed by atoms with Gasteiger partial charge in [0, 0.05) is 25.8 Å². The normalized spacial score (nSPS) is 11.4. The number of rotatable bonds is 9. The monoisotopic (exact) mass is 416 g/mol. The second kappa shape index (κ2) is 9.11. The van der Waals surface area contributed by atoms with Crippen LogP contribution >= 0.6 is 0 Å². The number of sulfone groups is 1. The van der Waals surface area contributed by atoms with E-state index in [2.05, 4.69) is 10.3 Å². The van der Waals surface area contributed by atoms with Gasteiger partial charge in [0.25, 0.3) is 0 Å². The Labute approximate surface area is 170 Å². The van der Waals surface area contributed by atoms with Gasteiger partial charge in [-0.15, -0.1) is 0 Å². The molecule has 0 aliphatic carbocycles. The van der Waals surface area contributed by atoms with Gasteiger partial charge in [0.1, 0.15) is 5.75 Å². The molecule has 8 heteroatoms. The molecule has 0 radical (unpaired) electrons. The Bertz CT molecular complexity index is 1040. The van der Waals surface area contributed by atoms with Crippen molar-refractivity contribution in [2.45, 2.75) is 23.3 Å². The third-order valence-corrected chi connectivity index (χ3v) is 6.01. The molecule has 0 aliphatic rings. The predicted molar refractivity (Wildman–Crippen MR) is 110 cm³/mol. The number of aromatic nitrogens is 1. The van der Waals surface area contributed by atoms with Gasteiger partial charge in [0.05, 0.1) is 12.0 Å². The largest absolute Gasteiger partial charge is 0.497 e. The zero-order chi connectivity index (χ0) is 20.9. The number of ether oxygens (including phenoxy) is 2. The van der Waals surface area contributed by atoms with Gasteiger partial charge in [-0.05, 0) is 49.7 Å². The first-order valence-corrected chi connectivity index (χ1v) is 10.6. The van der Waals surface area contributed by atoms with E-state index in [9.17, 15) is 8.42 Å². The molecule has 7 nitrogen and oxygen atoms in total. The van der Waals surface area contributed by atoms with Crippen molar-refractivity contribution >= 4 is 15.7 Å². The predicted octanol–water partition coefficient (Wildman–Crippen LogP) is 3.94. The molecule has 3 aromatic rings. The first-order valence-electron chi connectivity index (χ1n) is 9.15. The third kappa shape index (κ3) is 4.78. The standard InChI is InChI=1S/C21H24N2O5S/c1-15-5-11-18(12-6-15)29(24,25)21-20(22-13-4-14-26-2)28-19(23-21)16-7-9-17(27-3)10-8-16/h5-12,22H,4,13-14H2,1-3H3. The van der Waals surface area contributed by atoms with Crippen molar-refractivity contribution in [1.82, 2.24) is 4.98 Å². The number of hydrogen-bond acceptors (Lipinski definition) is 7. The molecule has 1 heterocycles. The Morgan fingerprint density at radius 2 is 1.72 bits per heavy atom. The molecule has 1 aromatic heterocycles. The van der Waals surface area contributed by atoms with E-state index < -0.39 is 9.84 Å². The van der Waals surface area contributed by atoms with Crippen LogP contribution in [0.2, 0.25) is 0 Å². The van der Waals surface area contributed by atoms with Crippen LogP contribution in [0, 0.1) is 6.92 Å². The molecule has 3 rings (SSSR count).